The summed E-state index contributed by atoms with van der Waals surface area (Å²) in [5, 5.41) is 4.36. The van der Waals surface area contributed by atoms with Crippen LogP contribution in [0.25, 0.3) is 10.9 Å². The van der Waals surface area contributed by atoms with E-state index in [0.29, 0.717) is 19.8 Å². The zero-order valence-electron chi connectivity index (χ0n) is 13.3. The van der Waals surface area contributed by atoms with Gasteiger partial charge >= 0.3 is 0 Å². The smallest absolute Gasteiger partial charge is 0.137 e. The van der Waals surface area contributed by atoms with E-state index in [1.807, 2.05) is 42.5 Å². The largest absolute Gasteiger partial charge is 0.491 e. The molecule has 0 radical (unpaired) electrons. The molecule has 0 spiro atoms. The number of rotatable bonds is 7. The van der Waals surface area contributed by atoms with E-state index in [1.54, 1.807) is 13.4 Å². The van der Waals surface area contributed by atoms with E-state index in [2.05, 4.69) is 31.2 Å². The van der Waals surface area contributed by atoms with Gasteiger partial charge in [-0.05, 0) is 35.9 Å². The normalized spacial score (nSPS) is 10.8. The van der Waals surface area contributed by atoms with Crippen LogP contribution in [0.5, 0.6) is 5.75 Å². The molecule has 5 nitrogen and oxygen atoms in total. The first-order valence-corrected chi connectivity index (χ1v) is 8.40. The van der Waals surface area contributed by atoms with Gasteiger partial charge < -0.3 is 14.8 Å². The Morgan fingerprint density at radius 2 is 1.88 bits per heavy atom. The molecule has 6 heteroatoms. The van der Waals surface area contributed by atoms with Gasteiger partial charge in [-0.15, -0.1) is 0 Å². The van der Waals surface area contributed by atoms with Crippen LogP contribution in [-0.2, 0) is 11.3 Å². The molecule has 0 atom stereocenters. The molecule has 0 fully saturated rings. The average Bonchev–Trinajstić information content (AvgIpc) is 2.61. The molecule has 24 heavy (non-hydrogen) atoms. The Morgan fingerprint density at radius 1 is 1.04 bits per heavy atom. The van der Waals surface area contributed by atoms with Gasteiger partial charge in [-0.2, -0.15) is 0 Å². The lowest BCUT2D eigenvalue weighted by molar-refractivity contribution is 0.146. The fourth-order valence-electron chi connectivity index (χ4n) is 2.30. The number of hydrogen-bond acceptors (Lipinski definition) is 5. The second kappa shape index (κ2) is 8.08. The highest BCUT2D eigenvalue weighted by Crippen LogP contribution is 2.23. The third-order valence-corrected chi connectivity index (χ3v) is 4.03. The minimum atomic E-state index is 0.551. The zero-order chi connectivity index (χ0) is 16.8. The molecule has 1 aromatic heterocycles. The maximum Gasteiger partial charge on any atom is 0.137 e. The summed E-state index contributed by atoms with van der Waals surface area (Å²) in [4.78, 5) is 8.64. The van der Waals surface area contributed by atoms with Crippen LogP contribution in [0.3, 0.4) is 0 Å². The third kappa shape index (κ3) is 4.21. The third-order valence-electron chi connectivity index (χ3n) is 3.54. The summed E-state index contributed by atoms with van der Waals surface area (Å²) in [6, 6.07) is 14.0. The molecule has 1 heterocycles. The van der Waals surface area contributed by atoms with Crippen molar-refractivity contribution in [1.82, 2.24) is 9.97 Å². The quantitative estimate of drug-likeness (QED) is 0.620. The summed E-state index contributed by atoms with van der Waals surface area (Å²) in [7, 11) is 1.66. The number of methoxy groups -OCH3 is 1. The molecule has 1 N–H and O–H groups in total. The van der Waals surface area contributed by atoms with E-state index in [9.17, 15) is 0 Å². The van der Waals surface area contributed by atoms with Gasteiger partial charge in [0.1, 0.15) is 24.5 Å². The van der Waals surface area contributed by atoms with Gasteiger partial charge in [-0.3, -0.25) is 0 Å². The Morgan fingerprint density at radius 3 is 2.67 bits per heavy atom. The molecule has 2 aromatic carbocycles. The van der Waals surface area contributed by atoms with Crippen molar-refractivity contribution < 1.29 is 9.47 Å². The Kier molecular flexibility index (Phi) is 5.61. The summed E-state index contributed by atoms with van der Waals surface area (Å²) in [6.45, 7) is 1.81. The van der Waals surface area contributed by atoms with Crippen LogP contribution in [0.1, 0.15) is 5.56 Å². The molecule has 0 unspecified atom stereocenters. The van der Waals surface area contributed by atoms with Gasteiger partial charge in [0.15, 0.2) is 0 Å². The van der Waals surface area contributed by atoms with Crippen molar-refractivity contribution in [2.75, 3.05) is 25.6 Å². The number of nitrogens with one attached hydrogen (secondary N) is 1. The van der Waals surface area contributed by atoms with Gasteiger partial charge in [0.2, 0.25) is 0 Å². The first kappa shape index (κ1) is 16.7. The maximum atomic E-state index is 5.56. The van der Waals surface area contributed by atoms with Crippen molar-refractivity contribution in [1.29, 1.82) is 0 Å². The fraction of sp³-hybridized carbons (Fsp3) is 0.222. The lowest BCUT2D eigenvalue weighted by Gasteiger charge is -2.10. The Hall–Kier alpha value is -2.18. The Balaban J connectivity index is 1.66. The molecule has 0 bridgehead atoms. The molecule has 3 rings (SSSR count). The van der Waals surface area contributed by atoms with Gasteiger partial charge in [0.25, 0.3) is 0 Å². The van der Waals surface area contributed by atoms with Gasteiger partial charge in [0.05, 0.1) is 12.1 Å². The van der Waals surface area contributed by atoms with Crippen LogP contribution in [0, 0.1) is 0 Å². The zero-order valence-corrected chi connectivity index (χ0v) is 14.9. The van der Waals surface area contributed by atoms with E-state index >= 15 is 0 Å². The minimum Gasteiger partial charge on any atom is -0.491 e. The lowest BCUT2D eigenvalue weighted by atomic mass is 10.2. The van der Waals surface area contributed by atoms with Crippen molar-refractivity contribution in [3.05, 3.63) is 58.8 Å². The molecule has 0 saturated carbocycles. The van der Waals surface area contributed by atoms with Crippen molar-refractivity contribution in [2.24, 2.45) is 0 Å². The summed E-state index contributed by atoms with van der Waals surface area (Å²) in [5.74, 6) is 1.66. The van der Waals surface area contributed by atoms with Crippen LogP contribution in [0.15, 0.2) is 53.3 Å². The van der Waals surface area contributed by atoms with Crippen molar-refractivity contribution in [2.45, 2.75) is 6.54 Å². The van der Waals surface area contributed by atoms with Gasteiger partial charge in [-0.1, -0.05) is 28.1 Å². The number of hydrogen-bond donors (Lipinski definition) is 1. The number of ether oxygens (including phenoxy) is 2. The minimum absolute atomic E-state index is 0.551. The summed E-state index contributed by atoms with van der Waals surface area (Å²) < 4.78 is 11.5. The topological polar surface area (TPSA) is 56.3 Å². The highest BCUT2D eigenvalue weighted by atomic mass is 79.9. The van der Waals surface area contributed by atoms with E-state index in [0.717, 1.165) is 32.5 Å². The number of halogens is 1. The van der Waals surface area contributed by atoms with E-state index in [4.69, 9.17) is 9.47 Å². The second-order valence-corrected chi connectivity index (χ2v) is 6.14. The van der Waals surface area contributed by atoms with Crippen LogP contribution in [-0.4, -0.2) is 30.3 Å². The molecule has 0 aliphatic heterocycles. The number of fused-ring (bicyclic) bond motifs is 1. The first-order chi connectivity index (χ1) is 11.8. The van der Waals surface area contributed by atoms with E-state index < -0.39 is 0 Å². The van der Waals surface area contributed by atoms with E-state index in [1.165, 1.54) is 0 Å². The predicted octanol–water partition coefficient (Wildman–Crippen LogP) is 4.03. The highest BCUT2D eigenvalue weighted by Gasteiger charge is 2.04. The predicted molar refractivity (Wildman–Crippen MR) is 98.4 cm³/mol. The molecule has 0 saturated heterocycles. The Bertz CT molecular complexity index is 809. The van der Waals surface area contributed by atoms with Crippen molar-refractivity contribution >= 4 is 32.7 Å². The van der Waals surface area contributed by atoms with Crippen molar-refractivity contribution in [3.8, 4) is 5.75 Å². The number of anilines is 1. The molecule has 0 amide bonds. The lowest BCUT2D eigenvalue weighted by Crippen LogP contribution is -2.05. The van der Waals surface area contributed by atoms with Crippen LogP contribution < -0.4 is 10.1 Å². The summed E-state index contributed by atoms with van der Waals surface area (Å²) in [5.41, 5.74) is 2.06. The van der Waals surface area contributed by atoms with Crippen LogP contribution in [0.4, 0.5) is 5.82 Å². The Labute approximate surface area is 149 Å². The van der Waals surface area contributed by atoms with E-state index in [-0.39, 0.29) is 0 Å². The molecule has 0 aliphatic carbocycles. The first-order valence-electron chi connectivity index (χ1n) is 7.61. The van der Waals surface area contributed by atoms with Crippen LogP contribution >= 0.6 is 15.9 Å². The number of benzene rings is 2. The monoisotopic (exact) mass is 387 g/mol. The highest BCUT2D eigenvalue weighted by molar-refractivity contribution is 9.10. The molecular weight excluding hydrogens is 370 g/mol. The van der Waals surface area contributed by atoms with Gasteiger partial charge in [0, 0.05) is 23.5 Å². The standard InChI is InChI=1S/C18H18BrN3O2/c1-23-8-9-24-15-5-2-13(3-6-15)11-20-18-16-10-14(19)4-7-17(16)21-12-22-18/h2-7,10,12H,8-9,11H2,1H3,(H,20,21,22). The van der Waals surface area contributed by atoms with Crippen molar-refractivity contribution in [3.63, 3.8) is 0 Å². The average molecular weight is 388 g/mol. The van der Waals surface area contributed by atoms with Gasteiger partial charge in [-0.25, -0.2) is 9.97 Å². The molecule has 3 aromatic rings. The second-order valence-electron chi connectivity index (χ2n) is 5.22. The summed E-state index contributed by atoms with van der Waals surface area (Å²) in [6.07, 6.45) is 1.57. The fourth-order valence-corrected chi connectivity index (χ4v) is 2.66. The maximum absolute atomic E-state index is 5.56. The number of aromatic nitrogens is 2. The SMILES string of the molecule is COCCOc1ccc(CNc2ncnc3ccc(Br)cc23)cc1. The van der Waals surface area contributed by atoms with Crippen LogP contribution in [0.2, 0.25) is 0 Å². The summed E-state index contributed by atoms with van der Waals surface area (Å²) >= 11 is 3.49. The molecular formula is C18H18BrN3O2. The molecule has 0 aliphatic rings. The number of nitrogens with zero attached hydrogens (tertiary/aromatic N) is 2. The molecule has 124 valence electrons.